The van der Waals surface area contributed by atoms with Gasteiger partial charge in [0.1, 0.15) is 0 Å². The Balaban J connectivity index is 1.55. The molecule has 1 aromatic carbocycles. The first-order valence-corrected chi connectivity index (χ1v) is 8.60. The fourth-order valence-corrected chi connectivity index (χ4v) is 3.86. The zero-order valence-electron chi connectivity index (χ0n) is 13.2. The van der Waals surface area contributed by atoms with Crippen LogP contribution in [0.25, 0.3) is 10.7 Å². The molecule has 3 heterocycles. The molecule has 9 heteroatoms. The highest BCUT2D eigenvalue weighted by Gasteiger charge is 2.39. The Labute approximate surface area is 150 Å². The van der Waals surface area contributed by atoms with Crippen LogP contribution >= 0.6 is 11.3 Å². The molecule has 26 heavy (non-hydrogen) atoms. The molecule has 1 unspecified atom stereocenters. The van der Waals surface area contributed by atoms with Crippen molar-refractivity contribution in [1.82, 2.24) is 10.1 Å². The molecule has 0 spiro atoms. The third-order valence-corrected chi connectivity index (χ3v) is 5.25. The van der Waals surface area contributed by atoms with E-state index in [0.29, 0.717) is 22.8 Å². The Morgan fingerprint density at radius 1 is 1.15 bits per heavy atom. The van der Waals surface area contributed by atoms with Crippen LogP contribution in [0.3, 0.4) is 0 Å². The zero-order valence-corrected chi connectivity index (χ0v) is 14.0. The third-order valence-electron chi connectivity index (χ3n) is 4.14. The van der Waals surface area contributed by atoms with E-state index in [1.807, 2.05) is 30.3 Å². The average molecular weight is 379 g/mol. The average Bonchev–Trinajstić information content (AvgIpc) is 3.33. The van der Waals surface area contributed by atoms with Gasteiger partial charge in [-0.05, 0) is 17.7 Å². The Morgan fingerprint density at radius 3 is 2.62 bits per heavy atom. The number of anilines is 1. The molecule has 1 saturated heterocycles. The van der Waals surface area contributed by atoms with Crippen molar-refractivity contribution >= 4 is 22.2 Å². The predicted octanol–water partition coefficient (Wildman–Crippen LogP) is 4.34. The lowest BCUT2D eigenvalue weighted by Gasteiger charge is -2.14. The normalized spacial score (nSPS) is 17.9. The number of carbonyl (C=O) groups is 1. The van der Waals surface area contributed by atoms with Gasteiger partial charge in [0.25, 0.3) is 0 Å². The smallest absolute Gasteiger partial charge is 0.329 e. The van der Waals surface area contributed by atoms with Gasteiger partial charge in [-0.1, -0.05) is 35.5 Å². The van der Waals surface area contributed by atoms with Crippen LogP contribution < -0.4 is 4.90 Å². The Bertz CT molecular complexity index is 936. The van der Waals surface area contributed by atoms with Crippen molar-refractivity contribution < 1.29 is 22.5 Å². The molecule has 0 radical (unpaired) electrons. The Hall–Kier alpha value is -2.68. The molecular weight excluding hydrogens is 367 g/mol. The van der Waals surface area contributed by atoms with Gasteiger partial charge in [-0.25, -0.2) is 0 Å². The summed E-state index contributed by atoms with van der Waals surface area (Å²) in [7, 11) is 0. The van der Waals surface area contributed by atoms with Crippen molar-refractivity contribution in [3.63, 3.8) is 0 Å². The molecule has 0 saturated carbocycles. The van der Waals surface area contributed by atoms with Crippen molar-refractivity contribution in [2.45, 2.75) is 18.5 Å². The minimum Gasteiger partial charge on any atom is -0.329 e. The molecule has 1 fully saturated rings. The summed E-state index contributed by atoms with van der Waals surface area (Å²) >= 11 is 1.16. The van der Waals surface area contributed by atoms with E-state index in [0.717, 1.165) is 16.9 Å². The summed E-state index contributed by atoms with van der Waals surface area (Å²) in [6, 6.07) is 13.0. The van der Waals surface area contributed by atoms with Gasteiger partial charge in [0.15, 0.2) is 0 Å². The Morgan fingerprint density at radius 2 is 1.92 bits per heavy atom. The minimum atomic E-state index is -4.68. The predicted molar refractivity (Wildman–Crippen MR) is 88.8 cm³/mol. The number of hydrogen-bond donors (Lipinski definition) is 0. The second-order valence-corrected chi connectivity index (χ2v) is 6.94. The molecule has 1 aliphatic rings. The number of halogens is 3. The van der Waals surface area contributed by atoms with Crippen LogP contribution in [0, 0.1) is 0 Å². The number of hydrogen-bond acceptors (Lipinski definition) is 5. The van der Waals surface area contributed by atoms with E-state index in [-0.39, 0.29) is 17.6 Å². The number of aromatic nitrogens is 2. The number of amides is 1. The molecule has 4 rings (SSSR count). The third kappa shape index (κ3) is 3.10. The molecule has 1 aliphatic heterocycles. The fourth-order valence-electron chi connectivity index (χ4n) is 2.90. The van der Waals surface area contributed by atoms with Crippen molar-refractivity contribution in [3.05, 3.63) is 53.9 Å². The summed E-state index contributed by atoms with van der Waals surface area (Å²) < 4.78 is 42.0. The van der Waals surface area contributed by atoms with Crippen LogP contribution in [0.1, 0.15) is 23.8 Å². The van der Waals surface area contributed by atoms with Gasteiger partial charge >= 0.3 is 12.1 Å². The highest BCUT2D eigenvalue weighted by atomic mass is 32.1. The second kappa shape index (κ2) is 6.24. The van der Waals surface area contributed by atoms with Gasteiger partial charge < -0.3 is 9.42 Å². The lowest BCUT2D eigenvalue weighted by atomic mass is 9.99. The first-order chi connectivity index (χ1) is 12.4. The number of thiophene rings is 1. The topological polar surface area (TPSA) is 59.2 Å². The summed E-state index contributed by atoms with van der Waals surface area (Å²) in [5.74, 6) is -1.45. The summed E-state index contributed by atoms with van der Waals surface area (Å²) in [5.41, 5.74) is 1.09. The number of carbonyl (C=O) groups excluding carboxylic acids is 1. The van der Waals surface area contributed by atoms with Crippen molar-refractivity contribution in [3.8, 4) is 10.7 Å². The summed E-state index contributed by atoms with van der Waals surface area (Å²) in [6.07, 6.45) is -4.28. The van der Waals surface area contributed by atoms with Gasteiger partial charge in [-0.2, -0.15) is 18.2 Å². The highest BCUT2D eigenvalue weighted by Crippen LogP contribution is 2.38. The fraction of sp³-hybridized carbons (Fsp3) is 0.235. The van der Waals surface area contributed by atoms with E-state index >= 15 is 0 Å². The number of alkyl halides is 3. The van der Waals surface area contributed by atoms with Gasteiger partial charge in [-0.15, -0.1) is 11.3 Å². The van der Waals surface area contributed by atoms with Crippen LogP contribution in [-0.4, -0.2) is 22.6 Å². The second-order valence-electron chi connectivity index (χ2n) is 5.87. The highest BCUT2D eigenvalue weighted by molar-refractivity contribution is 7.19. The quantitative estimate of drug-likeness (QED) is 0.679. The minimum absolute atomic E-state index is 0.0173. The maximum atomic E-state index is 12.6. The Kier molecular flexibility index (Phi) is 4.03. The number of rotatable bonds is 3. The van der Waals surface area contributed by atoms with E-state index in [1.54, 1.807) is 17.0 Å². The number of nitrogens with zero attached hydrogens (tertiary/aromatic N) is 3. The molecule has 1 atom stereocenters. The van der Waals surface area contributed by atoms with Crippen LogP contribution in [0.5, 0.6) is 0 Å². The van der Waals surface area contributed by atoms with E-state index in [4.69, 9.17) is 0 Å². The maximum Gasteiger partial charge on any atom is 0.471 e. The van der Waals surface area contributed by atoms with Crippen LogP contribution in [0.15, 0.2) is 47.0 Å². The van der Waals surface area contributed by atoms with Gasteiger partial charge in [0.2, 0.25) is 11.7 Å². The van der Waals surface area contributed by atoms with Gasteiger partial charge in [0.05, 0.1) is 9.88 Å². The molecule has 0 N–H and O–H groups in total. The molecule has 3 aromatic rings. The standard InChI is InChI=1S/C17H12F3N3O2S/c18-17(19,20)16-21-15(22-25-16)12-6-7-14(26-12)23-9-11(8-13(23)24)10-4-2-1-3-5-10/h1-7,11H,8-9H2. The van der Waals surface area contributed by atoms with Crippen molar-refractivity contribution in [1.29, 1.82) is 0 Å². The first kappa shape index (κ1) is 16.8. The van der Waals surface area contributed by atoms with E-state index in [9.17, 15) is 18.0 Å². The van der Waals surface area contributed by atoms with E-state index in [2.05, 4.69) is 14.7 Å². The summed E-state index contributed by atoms with van der Waals surface area (Å²) in [5, 5.41) is 4.03. The molecule has 134 valence electrons. The first-order valence-electron chi connectivity index (χ1n) is 7.78. The molecule has 1 amide bonds. The van der Waals surface area contributed by atoms with Crippen molar-refractivity contribution in [2.75, 3.05) is 11.4 Å². The molecule has 5 nitrogen and oxygen atoms in total. The van der Waals surface area contributed by atoms with E-state index < -0.39 is 12.1 Å². The number of benzene rings is 1. The van der Waals surface area contributed by atoms with Crippen LogP contribution in [0.4, 0.5) is 18.2 Å². The summed E-state index contributed by atoms with van der Waals surface area (Å²) in [6.45, 7) is 0.531. The maximum absolute atomic E-state index is 12.6. The SMILES string of the molecule is O=C1CC(c2ccccc2)CN1c1ccc(-c2noc(C(F)(F)F)n2)s1. The monoisotopic (exact) mass is 379 g/mol. The van der Waals surface area contributed by atoms with Crippen molar-refractivity contribution in [2.24, 2.45) is 0 Å². The molecule has 0 aliphatic carbocycles. The molecular formula is C17H12F3N3O2S. The van der Waals surface area contributed by atoms with Gasteiger partial charge in [-0.3, -0.25) is 4.79 Å². The largest absolute Gasteiger partial charge is 0.471 e. The zero-order chi connectivity index (χ0) is 18.3. The van der Waals surface area contributed by atoms with Gasteiger partial charge in [0, 0.05) is 18.9 Å². The molecule has 0 bridgehead atoms. The van der Waals surface area contributed by atoms with Crippen LogP contribution in [0.2, 0.25) is 0 Å². The molecule has 2 aromatic heterocycles. The lowest BCUT2D eigenvalue weighted by molar-refractivity contribution is -0.159. The van der Waals surface area contributed by atoms with E-state index in [1.165, 1.54) is 0 Å². The van der Waals surface area contributed by atoms with Crippen LogP contribution in [-0.2, 0) is 11.0 Å². The lowest BCUT2D eigenvalue weighted by Crippen LogP contribution is -2.23. The summed E-state index contributed by atoms with van der Waals surface area (Å²) in [4.78, 5) is 17.8.